The minimum atomic E-state index is -3.11. The van der Waals surface area contributed by atoms with Gasteiger partial charge in [0, 0.05) is 36.9 Å². The first-order valence-electron chi connectivity index (χ1n) is 9.88. The topological polar surface area (TPSA) is 81.9 Å². The van der Waals surface area contributed by atoms with E-state index in [1.165, 1.54) is 6.26 Å². The highest BCUT2D eigenvalue weighted by Crippen LogP contribution is 2.31. The van der Waals surface area contributed by atoms with Crippen molar-refractivity contribution in [2.75, 3.05) is 6.26 Å². The van der Waals surface area contributed by atoms with Gasteiger partial charge in [-0.2, -0.15) is 5.10 Å². The number of Topliss-reactive ketones (excluding diaryl/α,β-unsaturated/α-hetero) is 1. The Balaban J connectivity index is 1.78. The molecule has 6 nitrogen and oxygen atoms in total. The Morgan fingerprint density at radius 1 is 0.968 bits per heavy atom. The van der Waals surface area contributed by atoms with E-state index in [-0.39, 0.29) is 11.5 Å². The number of carbonyl (C=O) groups excluding carboxylic acids is 1. The fourth-order valence-corrected chi connectivity index (χ4v) is 4.56. The third-order valence-electron chi connectivity index (χ3n) is 5.01. The third-order valence-corrected chi connectivity index (χ3v) is 5.87. The zero-order valence-corrected chi connectivity index (χ0v) is 18.5. The number of rotatable bonds is 6. The molecule has 0 amide bonds. The SMILES string of the molecule is CC(=O)Cc1cnc2c(c1)c(-c1cccc(-c3cccc(CS(C)(=O)=O)c3)c1)nn2C. The van der Waals surface area contributed by atoms with Crippen LogP contribution in [0.5, 0.6) is 0 Å². The van der Waals surface area contributed by atoms with Crippen molar-refractivity contribution in [1.82, 2.24) is 14.8 Å². The maximum atomic E-state index is 11.7. The van der Waals surface area contributed by atoms with Crippen LogP contribution in [0.15, 0.2) is 60.8 Å². The number of aromatic nitrogens is 3. The van der Waals surface area contributed by atoms with Gasteiger partial charge in [0.1, 0.15) is 11.5 Å². The molecule has 7 heteroatoms. The van der Waals surface area contributed by atoms with E-state index >= 15 is 0 Å². The van der Waals surface area contributed by atoms with E-state index in [9.17, 15) is 13.2 Å². The molecule has 0 aliphatic heterocycles. The van der Waals surface area contributed by atoms with Crippen molar-refractivity contribution in [2.24, 2.45) is 7.05 Å². The second-order valence-corrected chi connectivity index (χ2v) is 10.1. The van der Waals surface area contributed by atoms with Gasteiger partial charge in [0.05, 0.1) is 5.75 Å². The lowest BCUT2D eigenvalue weighted by Gasteiger charge is -2.07. The fourth-order valence-electron chi connectivity index (χ4n) is 3.77. The summed E-state index contributed by atoms with van der Waals surface area (Å²) in [6, 6.07) is 17.5. The molecule has 0 spiro atoms. The van der Waals surface area contributed by atoms with Crippen LogP contribution in [-0.2, 0) is 33.9 Å². The standard InChI is InChI=1S/C24H23N3O3S/c1-16(28)10-18-12-22-23(26-27(2)24(22)25-14-18)21-9-5-8-20(13-21)19-7-4-6-17(11-19)15-31(3,29)30/h4-9,11-14H,10,15H2,1-3H3. The van der Waals surface area contributed by atoms with Gasteiger partial charge in [-0.05, 0) is 41.3 Å². The van der Waals surface area contributed by atoms with E-state index in [1.54, 1.807) is 17.8 Å². The van der Waals surface area contributed by atoms with Crippen LogP contribution in [0, 0.1) is 0 Å². The molecular weight excluding hydrogens is 410 g/mol. The Hall–Kier alpha value is -3.32. The molecule has 158 valence electrons. The lowest BCUT2D eigenvalue weighted by atomic mass is 9.99. The largest absolute Gasteiger partial charge is 0.300 e. The molecular formula is C24H23N3O3S. The molecule has 31 heavy (non-hydrogen) atoms. The van der Waals surface area contributed by atoms with Crippen LogP contribution < -0.4 is 0 Å². The van der Waals surface area contributed by atoms with Gasteiger partial charge in [-0.3, -0.25) is 4.79 Å². The Bertz CT molecular complexity index is 1400. The zero-order valence-electron chi connectivity index (χ0n) is 17.7. The molecule has 0 aliphatic carbocycles. The fraction of sp³-hybridized carbons (Fsp3) is 0.208. The van der Waals surface area contributed by atoms with E-state index in [0.717, 1.165) is 44.5 Å². The van der Waals surface area contributed by atoms with Crippen LogP contribution in [0.1, 0.15) is 18.1 Å². The summed E-state index contributed by atoms with van der Waals surface area (Å²) < 4.78 is 25.1. The maximum absolute atomic E-state index is 11.7. The maximum Gasteiger partial charge on any atom is 0.158 e. The molecule has 4 rings (SSSR count). The Labute approximate surface area is 181 Å². The smallest absolute Gasteiger partial charge is 0.158 e. The van der Waals surface area contributed by atoms with Gasteiger partial charge in [0.15, 0.2) is 15.5 Å². The van der Waals surface area contributed by atoms with Crippen molar-refractivity contribution >= 4 is 26.7 Å². The van der Waals surface area contributed by atoms with Crippen LogP contribution >= 0.6 is 0 Å². The molecule has 2 aromatic heterocycles. The quantitative estimate of drug-likeness (QED) is 0.459. The number of ketones is 1. The summed E-state index contributed by atoms with van der Waals surface area (Å²) in [5, 5.41) is 5.56. The Morgan fingerprint density at radius 2 is 1.65 bits per heavy atom. The molecule has 0 saturated carbocycles. The van der Waals surface area contributed by atoms with Crippen molar-refractivity contribution in [3.8, 4) is 22.4 Å². The molecule has 0 aliphatic rings. The summed E-state index contributed by atoms with van der Waals surface area (Å²) >= 11 is 0. The monoisotopic (exact) mass is 433 g/mol. The van der Waals surface area contributed by atoms with Crippen molar-refractivity contribution in [2.45, 2.75) is 19.1 Å². The summed E-state index contributed by atoms with van der Waals surface area (Å²) in [6.07, 6.45) is 3.30. The van der Waals surface area contributed by atoms with Crippen LogP contribution in [0.3, 0.4) is 0 Å². The molecule has 0 radical (unpaired) electrons. The van der Waals surface area contributed by atoms with E-state index in [1.807, 2.05) is 61.6 Å². The predicted molar refractivity (Wildman–Crippen MR) is 122 cm³/mol. The van der Waals surface area contributed by atoms with Gasteiger partial charge in [-0.1, -0.05) is 42.5 Å². The van der Waals surface area contributed by atoms with Gasteiger partial charge in [-0.15, -0.1) is 0 Å². The van der Waals surface area contributed by atoms with Gasteiger partial charge in [0.25, 0.3) is 0 Å². The highest BCUT2D eigenvalue weighted by molar-refractivity contribution is 7.89. The molecule has 0 fully saturated rings. The summed E-state index contributed by atoms with van der Waals surface area (Å²) in [4.78, 5) is 16.0. The predicted octanol–water partition coefficient (Wildman–Crippen LogP) is 3.98. The first kappa shape index (κ1) is 20.9. The second kappa shape index (κ2) is 8.07. The molecule has 0 atom stereocenters. The number of sulfone groups is 1. The van der Waals surface area contributed by atoms with E-state index < -0.39 is 9.84 Å². The average molecular weight is 434 g/mol. The molecule has 2 heterocycles. The lowest BCUT2D eigenvalue weighted by molar-refractivity contribution is -0.116. The minimum absolute atomic E-state index is 0.00992. The van der Waals surface area contributed by atoms with Crippen LogP contribution in [0.4, 0.5) is 0 Å². The molecule has 4 aromatic rings. The highest BCUT2D eigenvalue weighted by atomic mass is 32.2. The Morgan fingerprint density at radius 3 is 2.35 bits per heavy atom. The van der Waals surface area contributed by atoms with Gasteiger partial charge >= 0.3 is 0 Å². The van der Waals surface area contributed by atoms with Gasteiger partial charge in [-0.25, -0.2) is 18.1 Å². The van der Waals surface area contributed by atoms with Crippen LogP contribution in [0.25, 0.3) is 33.4 Å². The average Bonchev–Trinajstić information content (AvgIpc) is 3.02. The number of hydrogen-bond acceptors (Lipinski definition) is 5. The van der Waals surface area contributed by atoms with Crippen molar-refractivity contribution < 1.29 is 13.2 Å². The molecule has 2 aromatic carbocycles. The van der Waals surface area contributed by atoms with E-state index in [0.29, 0.717) is 6.42 Å². The van der Waals surface area contributed by atoms with Gasteiger partial charge in [0.2, 0.25) is 0 Å². The number of carbonyl (C=O) groups is 1. The van der Waals surface area contributed by atoms with Crippen molar-refractivity contribution in [3.05, 3.63) is 71.9 Å². The van der Waals surface area contributed by atoms with Crippen molar-refractivity contribution in [3.63, 3.8) is 0 Å². The number of fused-ring (bicyclic) bond motifs is 1. The molecule has 0 bridgehead atoms. The number of aryl methyl sites for hydroxylation is 1. The highest BCUT2D eigenvalue weighted by Gasteiger charge is 2.14. The third kappa shape index (κ3) is 4.72. The van der Waals surface area contributed by atoms with Crippen LogP contribution in [0.2, 0.25) is 0 Å². The first-order valence-corrected chi connectivity index (χ1v) is 11.9. The summed E-state index contributed by atoms with van der Waals surface area (Å²) in [5.74, 6) is 0.0956. The lowest BCUT2D eigenvalue weighted by Crippen LogP contribution is -2.00. The summed E-state index contributed by atoms with van der Waals surface area (Å²) in [5.41, 5.74) is 6.01. The van der Waals surface area contributed by atoms with Crippen LogP contribution in [-0.4, -0.2) is 35.2 Å². The molecule has 0 unspecified atom stereocenters. The summed E-state index contributed by atoms with van der Waals surface area (Å²) in [7, 11) is -1.26. The molecule has 0 saturated heterocycles. The van der Waals surface area contributed by atoms with Crippen molar-refractivity contribution in [1.29, 1.82) is 0 Å². The number of pyridine rings is 1. The number of benzene rings is 2. The normalized spacial score (nSPS) is 11.7. The first-order chi connectivity index (χ1) is 14.7. The number of hydrogen-bond donors (Lipinski definition) is 0. The second-order valence-electron chi connectivity index (χ2n) is 7.92. The Kier molecular flexibility index (Phi) is 5.45. The van der Waals surface area contributed by atoms with E-state index in [2.05, 4.69) is 10.1 Å². The number of nitrogens with zero attached hydrogens (tertiary/aromatic N) is 3. The van der Waals surface area contributed by atoms with E-state index in [4.69, 9.17) is 0 Å². The summed E-state index contributed by atoms with van der Waals surface area (Å²) in [6.45, 7) is 1.57. The zero-order chi connectivity index (χ0) is 22.2. The van der Waals surface area contributed by atoms with Gasteiger partial charge < -0.3 is 0 Å². The minimum Gasteiger partial charge on any atom is -0.300 e. The molecule has 0 N–H and O–H groups in total.